The summed E-state index contributed by atoms with van der Waals surface area (Å²) in [5.41, 5.74) is 19.3. The molecule has 0 unspecified atom stereocenters. The maximum absolute atomic E-state index is 5.80. The van der Waals surface area contributed by atoms with Gasteiger partial charge in [0.05, 0.1) is 12.8 Å². The molecule has 6 N–H and O–H groups in total. The van der Waals surface area contributed by atoms with Gasteiger partial charge in [0.15, 0.2) is 0 Å². The van der Waals surface area contributed by atoms with Crippen molar-refractivity contribution >= 4 is 21.6 Å². The van der Waals surface area contributed by atoms with Gasteiger partial charge in [-0.05, 0) is 27.6 Å². The monoisotopic (exact) mass is 259 g/mol. The number of rotatable bonds is 3. The van der Waals surface area contributed by atoms with Gasteiger partial charge in [0, 0.05) is 23.1 Å². The molecule has 5 heteroatoms. The lowest BCUT2D eigenvalue weighted by Gasteiger charge is -2.14. The maximum Gasteiger partial charge on any atom is 0.147 e. The van der Waals surface area contributed by atoms with Crippen LogP contribution in [0.1, 0.15) is 11.1 Å². The zero-order chi connectivity index (χ0) is 10.7. The van der Waals surface area contributed by atoms with Gasteiger partial charge < -0.3 is 21.9 Å². The summed E-state index contributed by atoms with van der Waals surface area (Å²) in [6.45, 7) is 0.781. The van der Waals surface area contributed by atoms with E-state index in [2.05, 4.69) is 15.9 Å². The van der Waals surface area contributed by atoms with Crippen molar-refractivity contribution in [2.24, 2.45) is 11.5 Å². The maximum atomic E-state index is 5.80. The Hall–Kier alpha value is -0.780. The van der Waals surface area contributed by atoms with Crippen molar-refractivity contribution in [3.05, 3.63) is 21.7 Å². The van der Waals surface area contributed by atoms with Crippen molar-refractivity contribution in [1.29, 1.82) is 0 Å². The van der Waals surface area contributed by atoms with Crippen LogP contribution >= 0.6 is 15.9 Å². The van der Waals surface area contributed by atoms with Crippen LogP contribution in [0.4, 0.5) is 5.69 Å². The summed E-state index contributed by atoms with van der Waals surface area (Å²) >= 11 is 3.43. The Morgan fingerprint density at radius 2 is 2.00 bits per heavy atom. The number of halogens is 1. The number of hydrogen-bond donors (Lipinski definition) is 3. The highest BCUT2D eigenvalue weighted by molar-refractivity contribution is 9.10. The fraction of sp³-hybridized carbons (Fsp3) is 0.333. The Bertz CT molecular complexity index is 341. The predicted molar refractivity (Wildman–Crippen MR) is 60.9 cm³/mol. The van der Waals surface area contributed by atoms with Gasteiger partial charge in [0.25, 0.3) is 0 Å². The van der Waals surface area contributed by atoms with E-state index in [1.807, 2.05) is 0 Å². The zero-order valence-electron chi connectivity index (χ0n) is 8.01. The molecule has 0 aliphatic rings. The second-order valence-corrected chi connectivity index (χ2v) is 3.65. The average Bonchev–Trinajstić information content (AvgIpc) is 2.20. The molecule has 0 amide bonds. The predicted octanol–water partition coefficient (Wildman–Crippen LogP) is 0.957. The van der Waals surface area contributed by atoms with Crippen molar-refractivity contribution in [3.63, 3.8) is 0 Å². The Labute approximate surface area is 91.5 Å². The second-order valence-electron chi connectivity index (χ2n) is 2.86. The van der Waals surface area contributed by atoms with E-state index in [4.69, 9.17) is 21.9 Å². The number of methoxy groups -OCH3 is 1. The van der Waals surface area contributed by atoms with E-state index in [0.29, 0.717) is 24.5 Å². The van der Waals surface area contributed by atoms with Crippen molar-refractivity contribution in [3.8, 4) is 5.75 Å². The molecule has 4 nitrogen and oxygen atoms in total. The zero-order valence-corrected chi connectivity index (χ0v) is 9.60. The summed E-state index contributed by atoms with van der Waals surface area (Å²) in [6, 6.07) is 1.79. The van der Waals surface area contributed by atoms with Crippen LogP contribution in [0.2, 0.25) is 0 Å². The molecular weight excluding hydrogens is 246 g/mol. The number of anilines is 1. The first-order chi connectivity index (χ1) is 6.65. The molecule has 78 valence electrons. The molecule has 0 aliphatic carbocycles. The van der Waals surface area contributed by atoms with Crippen LogP contribution in [0.3, 0.4) is 0 Å². The van der Waals surface area contributed by atoms with E-state index < -0.39 is 0 Å². The Morgan fingerprint density at radius 1 is 1.36 bits per heavy atom. The second kappa shape index (κ2) is 4.63. The molecule has 0 heterocycles. The lowest BCUT2D eigenvalue weighted by Crippen LogP contribution is -2.08. The molecule has 0 atom stereocenters. The molecule has 1 aromatic carbocycles. The summed E-state index contributed by atoms with van der Waals surface area (Å²) in [5, 5.41) is 0. The van der Waals surface area contributed by atoms with Crippen molar-refractivity contribution in [2.75, 3.05) is 12.8 Å². The molecule has 14 heavy (non-hydrogen) atoms. The minimum Gasteiger partial charge on any atom is -0.494 e. The van der Waals surface area contributed by atoms with Crippen LogP contribution in [0.5, 0.6) is 5.75 Å². The summed E-state index contributed by atoms with van der Waals surface area (Å²) in [7, 11) is 1.57. The van der Waals surface area contributed by atoms with E-state index in [1.165, 1.54) is 0 Å². The number of ether oxygens (including phenoxy) is 1. The minimum absolute atomic E-state index is 0.363. The van der Waals surface area contributed by atoms with Gasteiger partial charge in [-0.2, -0.15) is 0 Å². The van der Waals surface area contributed by atoms with Crippen LogP contribution in [0.25, 0.3) is 0 Å². The third kappa shape index (κ3) is 1.84. The topological polar surface area (TPSA) is 87.3 Å². The first-order valence-electron chi connectivity index (χ1n) is 4.19. The SMILES string of the molecule is COc1c(N)cc(CN)c(Br)c1CN. The van der Waals surface area contributed by atoms with E-state index in [-0.39, 0.29) is 0 Å². The molecule has 0 saturated carbocycles. The van der Waals surface area contributed by atoms with Gasteiger partial charge >= 0.3 is 0 Å². The smallest absolute Gasteiger partial charge is 0.147 e. The molecular formula is C9H14BrN3O. The molecule has 0 aromatic heterocycles. The van der Waals surface area contributed by atoms with Gasteiger partial charge in [-0.3, -0.25) is 0 Å². The third-order valence-corrected chi connectivity index (χ3v) is 3.03. The number of benzene rings is 1. The highest BCUT2D eigenvalue weighted by atomic mass is 79.9. The first-order valence-corrected chi connectivity index (χ1v) is 4.98. The number of nitrogens with two attached hydrogens (primary N) is 3. The molecule has 0 radical (unpaired) electrons. The lowest BCUT2D eigenvalue weighted by molar-refractivity contribution is 0.411. The molecule has 0 fully saturated rings. The molecule has 0 saturated heterocycles. The van der Waals surface area contributed by atoms with Gasteiger partial charge in [0.1, 0.15) is 5.75 Å². The minimum atomic E-state index is 0.363. The van der Waals surface area contributed by atoms with Crippen LogP contribution in [0.15, 0.2) is 10.5 Å². The molecule has 1 rings (SSSR count). The van der Waals surface area contributed by atoms with Crippen LogP contribution in [-0.4, -0.2) is 7.11 Å². The number of hydrogen-bond acceptors (Lipinski definition) is 4. The van der Waals surface area contributed by atoms with Crippen LogP contribution in [0, 0.1) is 0 Å². The van der Waals surface area contributed by atoms with Gasteiger partial charge in [0.2, 0.25) is 0 Å². The summed E-state index contributed by atoms with van der Waals surface area (Å²) in [6.07, 6.45) is 0. The van der Waals surface area contributed by atoms with E-state index >= 15 is 0 Å². The van der Waals surface area contributed by atoms with Gasteiger partial charge in [-0.15, -0.1) is 0 Å². The molecule has 1 aromatic rings. The Morgan fingerprint density at radius 3 is 2.43 bits per heavy atom. The highest BCUT2D eigenvalue weighted by Crippen LogP contribution is 2.35. The molecule has 0 spiro atoms. The summed E-state index contributed by atoms with van der Waals surface area (Å²) < 4.78 is 6.05. The summed E-state index contributed by atoms with van der Waals surface area (Å²) in [4.78, 5) is 0. The third-order valence-electron chi connectivity index (χ3n) is 2.04. The van der Waals surface area contributed by atoms with Crippen LogP contribution in [-0.2, 0) is 13.1 Å². The largest absolute Gasteiger partial charge is 0.494 e. The Kier molecular flexibility index (Phi) is 3.74. The van der Waals surface area contributed by atoms with E-state index in [0.717, 1.165) is 15.6 Å². The van der Waals surface area contributed by atoms with Crippen molar-refractivity contribution in [1.82, 2.24) is 0 Å². The highest BCUT2D eigenvalue weighted by Gasteiger charge is 2.13. The first kappa shape index (κ1) is 11.3. The fourth-order valence-electron chi connectivity index (χ4n) is 1.36. The lowest BCUT2D eigenvalue weighted by atomic mass is 10.1. The molecule has 0 aliphatic heterocycles. The van der Waals surface area contributed by atoms with Gasteiger partial charge in [-0.25, -0.2) is 0 Å². The average molecular weight is 260 g/mol. The number of nitrogen functional groups attached to an aromatic ring is 1. The molecule has 0 bridgehead atoms. The quantitative estimate of drug-likeness (QED) is 0.706. The van der Waals surface area contributed by atoms with Gasteiger partial charge in [-0.1, -0.05) is 0 Å². The summed E-state index contributed by atoms with van der Waals surface area (Å²) in [5.74, 6) is 0.622. The van der Waals surface area contributed by atoms with Crippen LogP contribution < -0.4 is 21.9 Å². The van der Waals surface area contributed by atoms with Crippen molar-refractivity contribution < 1.29 is 4.74 Å². The Balaban J connectivity index is 3.40. The standard InChI is InChI=1S/C9H14BrN3O/c1-14-9-6(4-12)8(10)5(3-11)2-7(9)13/h2H,3-4,11-13H2,1H3. The van der Waals surface area contributed by atoms with Crippen molar-refractivity contribution in [2.45, 2.75) is 13.1 Å². The van der Waals surface area contributed by atoms with E-state index in [9.17, 15) is 0 Å². The van der Waals surface area contributed by atoms with E-state index in [1.54, 1.807) is 13.2 Å². The fourth-order valence-corrected chi connectivity index (χ4v) is 1.97. The normalized spacial score (nSPS) is 10.3.